The van der Waals surface area contributed by atoms with Crippen molar-refractivity contribution in [1.29, 1.82) is 0 Å². The Kier molecular flexibility index (Phi) is 5.85. The molecule has 0 N–H and O–H groups in total. The van der Waals surface area contributed by atoms with E-state index in [1.54, 1.807) is 47.4 Å². The van der Waals surface area contributed by atoms with Gasteiger partial charge in [-0.1, -0.05) is 43.3 Å². The van der Waals surface area contributed by atoms with Gasteiger partial charge in [0.05, 0.1) is 10.6 Å². The second-order valence-corrected chi connectivity index (χ2v) is 9.04. The van der Waals surface area contributed by atoms with E-state index in [2.05, 4.69) is 6.92 Å². The van der Waals surface area contributed by atoms with Gasteiger partial charge in [0.1, 0.15) is 6.54 Å². The van der Waals surface area contributed by atoms with Crippen molar-refractivity contribution >= 4 is 21.6 Å². The molecule has 1 aliphatic heterocycles. The lowest BCUT2D eigenvalue weighted by Gasteiger charge is -2.33. The second-order valence-electron chi connectivity index (χ2n) is 7.17. The van der Waals surface area contributed by atoms with E-state index in [0.29, 0.717) is 24.7 Å². The molecule has 0 bridgehead atoms. The van der Waals surface area contributed by atoms with Crippen LogP contribution in [0.1, 0.15) is 25.3 Å². The maximum Gasteiger partial charge on any atom is 0.264 e. The van der Waals surface area contributed by atoms with Crippen molar-refractivity contribution in [1.82, 2.24) is 4.90 Å². The van der Waals surface area contributed by atoms with Gasteiger partial charge in [0.25, 0.3) is 10.0 Å². The summed E-state index contributed by atoms with van der Waals surface area (Å²) in [5, 5.41) is 0. The van der Waals surface area contributed by atoms with Crippen molar-refractivity contribution in [3.63, 3.8) is 0 Å². The Morgan fingerprint density at radius 2 is 1.63 bits per heavy atom. The SMILES string of the molecule is Cc1ccccc1N(CC(=O)N1CCC(C)CC1)S(=O)(=O)c1ccccc1. The molecule has 2 aromatic carbocycles. The molecule has 5 nitrogen and oxygen atoms in total. The van der Waals surface area contributed by atoms with E-state index in [1.165, 1.54) is 4.31 Å². The van der Waals surface area contributed by atoms with Crippen LogP contribution in [0.15, 0.2) is 59.5 Å². The number of anilines is 1. The van der Waals surface area contributed by atoms with Gasteiger partial charge in [-0.25, -0.2) is 8.42 Å². The van der Waals surface area contributed by atoms with E-state index in [4.69, 9.17) is 0 Å². The average Bonchev–Trinajstić information content (AvgIpc) is 2.68. The Bertz CT molecular complexity index is 889. The van der Waals surface area contributed by atoms with E-state index in [0.717, 1.165) is 18.4 Å². The minimum atomic E-state index is -3.84. The van der Waals surface area contributed by atoms with Crippen LogP contribution in [0.25, 0.3) is 0 Å². The number of hydrogen-bond acceptors (Lipinski definition) is 3. The molecule has 1 amide bonds. The number of nitrogens with zero attached hydrogens (tertiary/aromatic N) is 2. The van der Waals surface area contributed by atoms with Crippen molar-refractivity contribution in [3.05, 3.63) is 60.2 Å². The minimum Gasteiger partial charge on any atom is -0.341 e. The van der Waals surface area contributed by atoms with Crippen molar-refractivity contribution in [2.24, 2.45) is 5.92 Å². The van der Waals surface area contributed by atoms with Gasteiger partial charge in [0.2, 0.25) is 5.91 Å². The van der Waals surface area contributed by atoms with Gasteiger partial charge in [0.15, 0.2) is 0 Å². The van der Waals surface area contributed by atoms with E-state index < -0.39 is 10.0 Å². The van der Waals surface area contributed by atoms with Crippen LogP contribution in [-0.2, 0) is 14.8 Å². The average molecular weight is 387 g/mol. The number of benzene rings is 2. The van der Waals surface area contributed by atoms with Crippen molar-refractivity contribution < 1.29 is 13.2 Å². The number of carbonyl (C=O) groups excluding carboxylic acids is 1. The Labute approximate surface area is 161 Å². The topological polar surface area (TPSA) is 57.7 Å². The molecule has 1 fully saturated rings. The van der Waals surface area contributed by atoms with E-state index in [9.17, 15) is 13.2 Å². The molecule has 0 atom stereocenters. The lowest BCUT2D eigenvalue weighted by atomic mass is 9.99. The third kappa shape index (κ3) is 4.33. The maximum absolute atomic E-state index is 13.3. The van der Waals surface area contributed by atoms with Crippen LogP contribution < -0.4 is 4.31 Å². The number of carbonyl (C=O) groups is 1. The highest BCUT2D eigenvalue weighted by Crippen LogP contribution is 2.27. The molecule has 0 spiro atoms. The van der Waals surface area contributed by atoms with Gasteiger partial charge >= 0.3 is 0 Å². The second kappa shape index (κ2) is 8.13. The first-order chi connectivity index (χ1) is 12.9. The predicted octanol–water partition coefficient (Wildman–Crippen LogP) is 3.45. The summed E-state index contributed by atoms with van der Waals surface area (Å²) in [5.41, 5.74) is 1.36. The van der Waals surface area contributed by atoms with E-state index >= 15 is 0 Å². The van der Waals surface area contributed by atoms with Gasteiger partial charge < -0.3 is 4.90 Å². The molecular formula is C21H26N2O3S. The molecule has 0 aromatic heterocycles. The summed E-state index contributed by atoms with van der Waals surface area (Å²) in [5.74, 6) is 0.458. The standard InChI is InChI=1S/C21H26N2O3S/c1-17-12-14-22(15-13-17)21(24)16-23(20-11-7-6-8-18(20)2)27(25,26)19-9-4-3-5-10-19/h3-11,17H,12-16H2,1-2H3. The van der Waals surface area contributed by atoms with Crippen molar-refractivity contribution in [2.75, 3.05) is 23.9 Å². The molecule has 0 radical (unpaired) electrons. The lowest BCUT2D eigenvalue weighted by molar-refractivity contribution is -0.130. The monoisotopic (exact) mass is 386 g/mol. The summed E-state index contributed by atoms with van der Waals surface area (Å²) < 4.78 is 27.9. The summed E-state index contributed by atoms with van der Waals surface area (Å²) in [6.45, 7) is 5.23. The van der Waals surface area contributed by atoms with Gasteiger partial charge in [-0.2, -0.15) is 0 Å². The molecule has 1 saturated heterocycles. The number of amides is 1. The largest absolute Gasteiger partial charge is 0.341 e. The molecular weight excluding hydrogens is 360 g/mol. The summed E-state index contributed by atoms with van der Waals surface area (Å²) in [4.78, 5) is 14.9. The van der Waals surface area contributed by atoms with Crippen LogP contribution >= 0.6 is 0 Å². The summed E-state index contributed by atoms with van der Waals surface area (Å²) in [6.07, 6.45) is 1.92. The summed E-state index contributed by atoms with van der Waals surface area (Å²) in [6, 6.07) is 15.5. The molecule has 0 aliphatic carbocycles. The first-order valence-corrected chi connectivity index (χ1v) is 10.7. The highest BCUT2D eigenvalue weighted by atomic mass is 32.2. The van der Waals surface area contributed by atoms with Gasteiger partial charge in [-0.3, -0.25) is 9.10 Å². The van der Waals surface area contributed by atoms with Gasteiger partial charge in [0, 0.05) is 13.1 Å². The fourth-order valence-corrected chi connectivity index (χ4v) is 4.84. The molecule has 1 heterocycles. The highest BCUT2D eigenvalue weighted by Gasteiger charge is 2.30. The van der Waals surface area contributed by atoms with E-state index in [1.807, 2.05) is 19.1 Å². The number of likely N-dealkylation sites (tertiary alicyclic amines) is 1. The third-order valence-corrected chi connectivity index (χ3v) is 6.90. The van der Waals surface area contributed by atoms with Crippen LogP contribution in [0.4, 0.5) is 5.69 Å². The highest BCUT2D eigenvalue weighted by molar-refractivity contribution is 7.92. The van der Waals surface area contributed by atoms with Crippen LogP contribution in [0.3, 0.4) is 0 Å². The minimum absolute atomic E-state index is 0.148. The first-order valence-electron chi connectivity index (χ1n) is 9.31. The summed E-state index contributed by atoms with van der Waals surface area (Å²) in [7, 11) is -3.84. The number of aryl methyl sites for hydroxylation is 1. The summed E-state index contributed by atoms with van der Waals surface area (Å²) >= 11 is 0. The van der Waals surface area contributed by atoms with Gasteiger partial charge in [-0.05, 0) is 49.4 Å². The van der Waals surface area contributed by atoms with Crippen molar-refractivity contribution in [3.8, 4) is 0 Å². The van der Waals surface area contributed by atoms with E-state index in [-0.39, 0.29) is 17.3 Å². The fourth-order valence-electron chi connectivity index (χ4n) is 3.34. The van der Waals surface area contributed by atoms with Crippen LogP contribution in [-0.4, -0.2) is 38.9 Å². The zero-order valence-electron chi connectivity index (χ0n) is 15.8. The van der Waals surface area contributed by atoms with Crippen LogP contribution in [0, 0.1) is 12.8 Å². The number of para-hydroxylation sites is 1. The quantitative estimate of drug-likeness (QED) is 0.791. The molecule has 0 unspecified atom stereocenters. The lowest BCUT2D eigenvalue weighted by Crippen LogP contribution is -2.45. The van der Waals surface area contributed by atoms with Crippen LogP contribution in [0.5, 0.6) is 0 Å². The zero-order chi connectivity index (χ0) is 19.4. The normalized spacial score (nSPS) is 15.6. The molecule has 2 aromatic rings. The Hall–Kier alpha value is -2.34. The Morgan fingerprint density at radius 1 is 1.04 bits per heavy atom. The first kappa shape index (κ1) is 19.4. The molecule has 144 valence electrons. The van der Waals surface area contributed by atoms with Gasteiger partial charge in [-0.15, -0.1) is 0 Å². The van der Waals surface area contributed by atoms with Crippen molar-refractivity contribution in [2.45, 2.75) is 31.6 Å². The molecule has 0 saturated carbocycles. The predicted molar refractivity (Wildman–Crippen MR) is 107 cm³/mol. The molecule has 1 aliphatic rings. The Balaban J connectivity index is 1.94. The fraction of sp³-hybridized carbons (Fsp3) is 0.381. The molecule has 3 rings (SSSR count). The maximum atomic E-state index is 13.3. The van der Waals surface area contributed by atoms with Crippen LogP contribution in [0.2, 0.25) is 0 Å². The molecule has 27 heavy (non-hydrogen) atoms. The number of hydrogen-bond donors (Lipinski definition) is 0. The Morgan fingerprint density at radius 3 is 2.26 bits per heavy atom. The number of rotatable bonds is 5. The molecule has 6 heteroatoms. The number of sulfonamides is 1. The zero-order valence-corrected chi connectivity index (χ0v) is 16.7. The third-order valence-electron chi connectivity index (χ3n) is 5.13. The number of piperidine rings is 1. The smallest absolute Gasteiger partial charge is 0.264 e.